The molecule has 1 aromatic carbocycles. The molecular weight excluding hydrogens is 264 g/mol. The van der Waals surface area contributed by atoms with Crippen LogP contribution < -0.4 is 4.90 Å². The van der Waals surface area contributed by atoms with Crippen molar-refractivity contribution in [1.82, 2.24) is 4.90 Å². The van der Waals surface area contributed by atoms with E-state index in [4.69, 9.17) is 0 Å². The molecule has 1 saturated heterocycles. The predicted octanol–water partition coefficient (Wildman–Crippen LogP) is 1.06. The molecular formula is C17H27N2O2+. The average Bonchev–Trinajstić information content (AvgIpc) is 2.51. The standard InChI is InChI=1S/C17H26N2O2/c1-3-19(4-2)17(21)15-6-5-11-18(13-15)12-14-7-9-16(20)10-8-14/h7-10,15,20H,3-6,11-13H2,1-2H3/p+1/t15-/m1/s1. The number of benzene rings is 1. The number of carbonyl (C=O) groups is 1. The third-order valence-electron chi connectivity index (χ3n) is 4.43. The van der Waals surface area contributed by atoms with Gasteiger partial charge in [-0.1, -0.05) is 0 Å². The summed E-state index contributed by atoms with van der Waals surface area (Å²) in [4.78, 5) is 15.9. The highest BCUT2D eigenvalue weighted by molar-refractivity contribution is 5.78. The Morgan fingerprint density at radius 2 is 1.95 bits per heavy atom. The molecule has 1 unspecified atom stereocenters. The summed E-state index contributed by atoms with van der Waals surface area (Å²) in [6.45, 7) is 8.69. The number of hydrogen-bond donors (Lipinski definition) is 2. The maximum absolute atomic E-state index is 12.5. The Bertz CT molecular complexity index is 454. The van der Waals surface area contributed by atoms with Crippen molar-refractivity contribution >= 4 is 5.91 Å². The quantitative estimate of drug-likeness (QED) is 0.852. The number of phenols is 1. The molecule has 1 fully saturated rings. The maximum Gasteiger partial charge on any atom is 0.231 e. The molecule has 0 spiro atoms. The summed E-state index contributed by atoms with van der Waals surface area (Å²) >= 11 is 0. The Labute approximate surface area is 127 Å². The van der Waals surface area contributed by atoms with Crippen LogP contribution in [0.1, 0.15) is 32.3 Å². The molecule has 1 aliphatic heterocycles. The second-order valence-electron chi connectivity index (χ2n) is 5.90. The molecule has 0 aromatic heterocycles. The molecule has 1 heterocycles. The summed E-state index contributed by atoms with van der Waals surface area (Å²) in [5.74, 6) is 0.802. The van der Waals surface area contributed by atoms with Gasteiger partial charge >= 0.3 is 0 Å². The minimum Gasteiger partial charge on any atom is -0.508 e. The minimum atomic E-state index is 0.172. The van der Waals surface area contributed by atoms with E-state index in [-0.39, 0.29) is 5.92 Å². The number of nitrogens with zero attached hydrogens (tertiary/aromatic N) is 1. The molecule has 4 heteroatoms. The number of rotatable bonds is 5. The van der Waals surface area contributed by atoms with Crippen molar-refractivity contribution in [2.75, 3.05) is 26.2 Å². The van der Waals surface area contributed by atoms with Gasteiger partial charge in [-0.15, -0.1) is 0 Å². The second kappa shape index (κ2) is 7.46. The molecule has 1 aromatic rings. The average molecular weight is 291 g/mol. The summed E-state index contributed by atoms with van der Waals surface area (Å²) in [5, 5.41) is 9.34. The van der Waals surface area contributed by atoms with Crippen LogP contribution >= 0.6 is 0 Å². The fraction of sp³-hybridized carbons (Fsp3) is 0.588. The van der Waals surface area contributed by atoms with Crippen molar-refractivity contribution in [1.29, 1.82) is 0 Å². The lowest BCUT2D eigenvalue weighted by molar-refractivity contribution is -0.921. The van der Waals surface area contributed by atoms with Gasteiger partial charge in [0, 0.05) is 18.7 Å². The van der Waals surface area contributed by atoms with E-state index in [1.165, 1.54) is 10.5 Å². The SMILES string of the molecule is CCN(CC)C(=O)[C@@H]1CCC[NH+](Cc2ccc(O)cc2)C1. The monoisotopic (exact) mass is 291 g/mol. The molecule has 0 saturated carbocycles. The fourth-order valence-corrected chi connectivity index (χ4v) is 3.22. The lowest BCUT2D eigenvalue weighted by atomic mass is 9.96. The summed E-state index contributed by atoms with van der Waals surface area (Å²) in [6, 6.07) is 7.41. The van der Waals surface area contributed by atoms with Crippen molar-refractivity contribution in [3.05, 3.63) is 29.8 Å². The van der Waals surface area contributed by atoms with E-state index in [2.05, 4.69) is 0 Å². The highest BCUT2D eigenvalue weighted by Gasteiger charge is 2.30. The van der Waals surface area contributed by atoms with Crippen LogP contribution in [0.2, 0.25) is 0 Å². The summed E-state index contributed by atoms with van der Waals surface area (Å²) in [7, 11) is 0. The zero-order valence-corrected chi connectivity index (χ0v) is 13.1. The first-order valence-corrected chi connectivity index (χ1v) is 8.04. The topological polar surface area (TPSA) is 45.0 Å². The normalized spacial score (nSPS) is 22.0. The Balaban J connectivity index is 1.94. The van der Waals surface area contributed by atoms with Crippen molar-refractivity contribution in [2.45, 2.75) is 33.2 Å². The van der Waals surface area contributed by atoms with Gasteiger partial charge in [-0.3, -0.25) is 4.79 Å². The Hall–Kier alpha value is -1.55. The van der Waals surface area contributed by atoms with E-state index in [0.29, 0.717) is 11.7 Å². The molecule has 2 atom stereocenters. The van der Waals surface area contributed by atoms with Gasteiger partial charge in [0.1, 0.15) is 12.3 Å². The zero-order valence-electron chi connectivity index (χ0n) is 13.1. The van der Waals surface area contributed by atoms with Crippen molar-refractivity contribution in [2.24, 2.45) is 5.92 Å². The van der Waals surface area contributed by atoms with Crippen LogP contribution in [0.4, 0.5) is 0 Å². The van der Waals surface area contributed by atoms with Crippen LogP contribution in [0.15, 0.2) is 24.3 Å². The van der Waals surface area contributed by atoms with Gasteiger partial charge in [0.05, 0.1) is 19.0 Å². The van der Waals surface area contributed by atoms with E-state index in [0.717, 1.165) is 45.6 Å². The molecule has 116 valence electrons. The van der Waals surface area contributed by atoms with E-state index in [1.807, 2.05) is 30.9 Å². The highest BCUT2D eigenvalue weighted by atomic mass is 16.3. The lowest BCUT2D eigenvalue weighted by Gasteiger charge is -2.32. The van der Waals surface area contributed by atoms with Gasteiger partial charge in [-0.05, 0) is 51.0 Å². The van der Waals surface area contributed by atoms with Crippen LogP contribution in [0.3, 0.4) is 0 Å². The number of hydrogen-bond acceptors (Lipinski definition) is 2. The van der Waals surface area contributed by atoms with Crippen molar-refractivity contribution < 1.29 is 14.8 Å². The number of carbonyl (C=O) groups excluding carboxylic acids is 1. The number of nitrogens with one attached hydrogen (secondary N) is 1. The van der Waals surface area contributed by atoms with Crippen LogP contribution in [0.5, 0.6) is 5.75 Å². The predicted molar refractivity (Wildman–Crippen MR) is 83.2 cm³/mol. The molecule has 0 bridgehead atoms. The van der Waals surface area contributed by atoms with Crippen LogP contribution in [0.25, 0.3) is 0 Å². The lowest BCUT2D eigenvalue weighted by Crippen LogP contribution is -3.12. The molecule has 4 nitrogen and oxygen atoms in total. The second-order valence-corrected chi connectivity index (χ2v) is 5.90. The Morgan fingerprint density at radius 3 is 2.57 bits per heavy atom. The number of piperidine rings is 1. The molecule has 2 N–H and O–H groups in total. The molecule has 1 aliphatic rings. The van der Waals surface area contributed by atoms with Gasteiger partial charge < -0.3 is 14.9 Å². The third kappa shape index (κ3) is 4.21. The van der Waals surface area contributed by atoms with E-state index < -0.39 is 0 Å². The Kier molecular flexibility index (Phi) is 5.62. The largest absolute Gasteiger partial charge is 0.508 e. The molecule has 21 heavy (non-hydrogen) atoms. The van der Waals surface area contributed by atoms with Gasteiger partial charge in [0.25, 0.3) is 0 Å². The van der Waals surface area contributed by atoms with E-state index >= 15 is 0 Å². The van der Waals surface area contributed by atoms with Gasteiger partial charge in [0.15, 0.2) is 0 Å². The molecule has 2 rings (SSSR count). The van der Waals surface area contributed by atoms with Gasteiger partial charge in [-0.2, -0.15) is 0 Å². The van der Waals surface area contributed by atoms with E-state index in [9.17, 15) is 9.90 Å². The van der Waals surface area contributed by atoms with Crippen molar-refractivity contribution in [3.63, 3.8) is 0 Å². The summed E-state index contributed by atoms with van der Waals surface area (Å²) in [5.41, 5.74) is 1.22. The van der Waals surface area contributed by atoms with Gasteiger partial charge in [-0.25, -0.2) is 0 Å². The Morgan fingerprint density at radius 1 is 1.29 bits per heavy atom. The summed E-state index contributed by atoms with van der Waals surface area (Å²) in [6.07, 6.45) is 2.14. The zero-order chi connectivity index (χ0) is 15.2. The van der Waals surface area contributed by atoms with Crippen LogP contribution in [-0.2, 0) is 11.3 Å². The minimum absolute atomic E-state index is 0.172. The first-order valence-electron chi connectivity index (χ1n) is 8.04. The highest BCUT2D eigenvalue weighted by Crippen LogP contribution is 2.13. The van der Waals surface area contributed by atoms with Crippen LogP contribution in [-0.4, -0.2) is 42.1 Å². The first kappa shape index (κ1) is 15.8. The number of phenolic OH excluding ortho intramolecular Hbond substituents is 1. The van der Waals surface area contributed by atoms with Gasteiger partial charge in [0.2, 0.25) is 5.91 Å². The first-order chi connectivity index (χ1) is 10.1. The molecule has 0 radical (unpaired) electrons. The number of likely N-dealkylation sites (tertiary alicyclic amines) is 1. The smallest absolute Gasteiger partial charge is 0.231 e. The number of quaternary nitrogens is 1. The van der Waals surface area contributed by atoms with Crippen molar-refractivity contribution in [3.8, 4) is 5.75 Å². The molecule has 1 amide bonds. The number of amides is 1. The maximum atomic E-state index is 12.5. The fourth-order valence-electron chi connectivity index (χ4n) is 3.22. The summed E-state index contributed by atoms with van der Waals surface area (Å²) < 4.78 is 0. The molecule has 0 aliphatic carbocycles. The van der Waals surface area contributed by atoms with E-state index in [1.54, 1.807) is 12.1 Å². The third-order valence-corrected chi connectivity index (χ3v) is 4.43. The van der Waals surface area contributed by atoms with Crippen LogP contribution in [0, 0.1) is 5.92 Å². The number of aromatic hydroxyl groups is 1.